The van der Waals surface area contributed by atoms with Gasteiger partial charge in [-0.05, 0) is 84.0 Å². The first-order chi connectivity index (χ1) is 20.6. The standard InChI is InChI=1S/C35H37N3O4/c39-34(36-16-13-24-11-12-31-32(20-24)42-23-41-31)27-8-5-17-38(22-27)28-14-18-37(19-15-28)35(40)33-29-9-3-1-6-25(29)21-26-7-2-4-10-30(26)33/h1-4,6-7,9-12,20-21,27-28H,5,8,13-19,22-23H2,(H,36,39). The lowest BCUT2D eigenvalue weighted by Gasteiger charge is -2.42. The number of rotatable bonds is 6. The number of benzene rings is 4. The molecule has 3 aliphatic heterocycles. The quantitative estimate of drug-likeness (QED) is 0.318. The second kappa shape index (κ2) is 11.6. The van der Waals surface area contributed by atoms with Crippen LogP contribution in [0.3, 0.4) is 0 Å². The number of nitrogens with one attached hydrogen (secondary N) is 1. The maximum absolute atomic E-state index is 14.0. The van der Waals surface area contributed by atoms with Gasteiger partial charge in [0.25, 0.3) is 5.91 Å². The molecule has 3 aliphatic rings. The molecule has 42 heavy (non-hydrogen) atoms. The van der Waals surface area contributed by atoms with Crippen molar-refractivity contribution in [1.29, 1.82) is 0 Å². The molecule has 7 rings (SSSR count). The molecule has 2 saturated heterocycles. The van der Waals surface area contributed by atoms with E-state index in [1.54, 1.807) is 0 Å². The van der Waals surface area contributed by atoms with Crippen molar-refractivity contribution in [3.63, 3.8) is 0 Å². The molecular weight excluding hydrogens is 526 g/mol. The van der Waals surface area contributed by atoms with Gasteiger partial charge in [-0.3, -0.25) is 14.5 Å². The van der Waals surface area contributed by atoms with Crippen molar-refractivity contribution in [2.24, 2.45) is 5.92 Å². The van der Waals surface area contributed by atoms with Crippen LogP contribution >= 0.6 is 0 Å². The third-order valence-corrected chi connectivity index (χ3v) is 9.23. The third kappa shape index (κ3) is 5.29. The van der Waals surface area contributed by atoms with Gasteiger partial charge in [0.1, 0.15) is 0 Å². The fourth-order valence-electron chi connectivity index (χ4n) is 6.96. The van der Waals surface area contributed by atoms with Crippen molar-refractivity contribution in [1.82, 2.24) is 15.1 Å². The molecule has 7 heteroatoms. The van der Waals surface area contributed by atoms with Gasteiger partial charge in [0, 0.05) is 32.2 Å². The molecule has 3 heterocycles. The molecule has 0 aromatic heterocycles. The van der Waals surface area contributed by atoms with Crippen molar-refractivity contribution < 1.29 is 19.1 Å². The van der Waals surface area contributed by atoms with E-state index < -0.39 is 0 Å². The number of piperidine rings is 2. The Hall–Kier alpha value is -4.10. The lowest BCUT2D eigenvalue weighted by molar-refractivity contribution is -0.127. The zero-order valence-electron chi connectivity index (χ0n) is 23.9. The second-order valence-corrected chi connectivity index (χ2v) is 11.8. The summed E-state index contributed by atoms with van der Waals surface area (Å²) in [7, 11) is 0. The van der Waals surface area contributed by atoms with Gasteiger partial charge in [-0.25, -0.2) is 0 Å². The molecule has 1 atom stereocenters. The predicted molar refractivity (Wildman–Crippen MR) is 164 cm³/mol. The van der Waals surface area contributed by atoms with Crippen molar-refractivity contribution in [2.45, 2.75) is 38.1 Å². The monoisotopic (exact) mass is 563 g/mol. The molecule has 1 N–H and O–H groups in total. The molecule has 0 saturated carbocycles. The Morgan fingerprint density at radius 1 is 0.810 bits per heavy atom. The van der Waals surface area contributed by atoms with E-state index in [1.807, 2.05) is 47.4 Å². The summed E-state index contributed by atoms with van der Waals surface area (Å²) in [4.78, 5) is 31.6. The lowest BCUT2D eigenvalue weighted by Crippen LogP contribution is -2.51. The highest BCUT2D eigenvalue weighted by molar-refractivity contribution is 6.18. The maximum Gasteiger partial charge on any atom is 0.255 e. The number of carbonyl (C=O) groups excluding carboxylic acids is 2. The van der Waals surface area contributed by atoms with E-state index in [1.165, 1.54) is 0 Å². The molecule has 0 spiro atoms. The van der Waals surface area contributed by atoms with E-state index in [0.29, 0.717) is 12.6 Å². The van der Waals surface area contributed by atoms with Crippen LogP contribution in [0.1, 0.15) is 41.6 Å². The Morgan fingerprint density at radius 3 is 2.29 bits per heavy atom. The molecule has 2 fully saturated rings. The summed E-state index contributed by atoms with van der Waals surface area (Å²) in [6.07, 6.45) is 4.59. The highest BCUT2D eigenvalue weighted by Crippen LogP contribution is 2.33. The molecule has 216 valence electrons. The topological polar surface area (TPSA) is 71.1 Å². The summed E-state index contributed by atoms with van der Waals surface area (Å²) in [5, 5.41) is 7.41. The van der Waals surface area contributed by atoms with Crippen molar-refractivity contribution in [2.75, 3.05) is 39.5 Å². The Morgan fingerprint density at radius 2 is 1.52 bits per heavy atom. The van der Waals surface area contributed by atoms with Crippen LogP contribution in [0.15, 0.2) is 72.8 Å². The number of nitrogens with zero attached hydrogens (tertiary/aromatic N) is 2. The van der Waals surface area contributed by atoms with Crippen LogP contribution in [0.25, 0.3) is 21.5 Å². The SMILES string of the molecule is O=C(NCCc1ccc2c(c1)OCO2)C1CCCN(C2CCN(C(=O)c3c4ccccc4cc4ccccc34)CC2)C1. The van der Waals surface area contributed by atoms with Gasteiger partial charge in [-0.15, -0.1) is 0 Å². The van der Waals surface area contributed by atoms with E-state index in [2.05, 4.69) is 40.5 Å². The van der Waals surface area contributed by atoms with Gasteiger partial charge in [-0.1, -0.05) is 54.6 Å². The summed E-state index contributed by atoms with van der Waals surface area (Å²) in [5.41, 5.74) is 1.94. The van der Waals surface area contributed by atoms with Crippen LogP contribution in [-0.4, -0.2) is 67.2 Å². The van der Waals surface area contributed by atoms with E-state index in [4.69, 9.17) is 9.47 Å². The summed E-state index contributed by atoms with van der Waals surface area (Å²) >= 11 is 0. The minimum Gasteiger partial charge on any atom is -0.454 e. The molecule has 2 amide bonds. The third-order valence-electron chi connectivity index (χ3n) is 9.23. The van der Waals surface area contributed by atoms with Gasteiger partial charge in [-0.2, -0.15) is 0 Å². The average molecular weight is 564 g/mol. The molecule has 4 aromatic rings. The number of ether oxygens (including phenoxy) is 2. The first-order valence-corrected chi connectivity index (χ1v) is 15.2. The largest absolute Gasteiger partial charge is 0.454 e. The van der Waals surface area contributed by atoms with Crippen LogP contribution in [0.5, 0.6) is 11.5 Å². The van der Waals surface area contributed by atoms with Crippen molar-refractivity contribution in [3.05, 3.63) is 83.9 Å². The highest BCUT2D eigenvalue weighted by atomic mass is 16.7. The summed E-state index contributed by atoms with van der Waals surface area (Å²) in [6.45, 7) is 4.17. The molecular formula is C35H37N3O4. The highest BCUT2D eigenvalue weighted by Gasteiger charge is 2.33. The van der Waals surface area contributed by atoms with Crippen molar-refractivity contribution in [3.8, 4) is 11.5 Å². The number of carbonyl (C=O) groups is 2. The molecule has 0 bridgehead atoms. The van der Waals surface area contributed by atoms with Crippen LogP contribution in [-0.2, 0) is 11.2 Å². The first kappa shape index (κ1) is 26.8. The number of amides is 2. The second-order valence-electron chi connectivity index (χ2n) is 11.8. The molecule has 7 nitrogen and oxygen atoms in total. The lowest BCUT2D eigenvalue weighted by atomic mass is 9.92. The first-order valence-electron chi connectivity index (χ1n) is 15.2. The van der Waals surface area contributed by atoms with Crippen LogP contribution in [0.2, 0.25) is 0 Å². The van der Waals surface area contributed by atoms with E-state index >= 15 is 0 Å². The molecule has 4 aromatic carbocycles. The van der Waals surface area contributed by atoms with Gasteiger partial charge in [0.2, 0.25) is 12.7 Å². The van der Waals surface area contributed by atoms with Gasteiger partial charge in [0.05, 0.1) is 11.5 Å². The normalized spacial score (nSPS) is 19.3. The predicted octanol–water partition coefficient (Wildman–Crippen LogP) is 5.40. The van der Waals surface area contributed by atoms with Gasteiger partial charge < -0.3 is 19.7 Å². The molecule has 1 unspecified atom stereocenters. The number of hydrogen-bond donors (Lipinski definition) is 1. The zero-order chi connectivity index (χ0) is 28.5. The average Bonchev–Trinajstić information content (AvgIpc) is 3.51. The van der Waals surface area contributed by atoms with E-state index in [-0.39, 0.29) is 24.5 Å². The fourth-order valence-corrected chi connectivity index (χ4v) is 6.96. The summed E-state index contributed by atoms with van der Waals surface area (Å²) < 4.78 is 10.9. The smallest absolute Gasteiger partial charge is 0.255 e. The fraction of sp³-hybridized carbons (Fsp3) is 0.371. The minimum absolute atomic E-state index is 0.0113. The molecule has 0 aliphatic carbocycles. The number of hydrogen-bond acceptors (Lipinski definition) is 5. The van der Waals surface area contributed by atoms with Crippen molar-refractivity contribution >= 4 is 33.4 Å². The molecule has 0 radical (unpaired) electrons. The Balaban J connectivity index is 0.950. The Bertz CT molecular complexity index is 1570. The Labute approximate surface area is 246 Å². The van der Waals surface area contributed by atoms with Crippen LogP contribution < -0.4 is 14.8 Å². The number of likely N-dealkylation sites (tertiary alicyclic amines) is 2. The Kier molecular flexibility index (Phi) is 7.43. The van der Waals surface area contributed by atoms with Crippen LogP contribution in [0.4, 0.5) is 0 Å². The minimum atomic E-state index is 0.0113. The van der Waals surface area contributed by atoms with Crippen LogP contribution in [0, 0.1) is 5.92 Å². The van der Waals surface area contributed by atoms with Gasteiger partial charge in [0.15, 0.2) is 11.5 Å². The van der Waals surface area contributed by atoms with E-state index in [0.717, 1.165) is 102 Å². The zero-order valence-corrected chi connectivity index (χ0v) is 23.9. The van der Waals surface area contributed by atoms with E-state index in [9.17, 15) is 9.59 Å². The summed E-state index contributed by atoms with van der Waals surface area (Å²) in [6, 6.07) is 24.9. The van der Waals surface area contributed by atoms with Gasteiger partial charge >= 0.3 is 0 Å². The summed E-state index contributed by atoms with van der Waals surface area (Å²) in [5.74, 6) is 1.84. The number of fused-ring (bicyclic) bond motifs is 3. The maximum atomic E-state index is 14.0.